The minimum Gasteiger partial charge on any atom is -0.396 e. The number of carbonyl (C=O) groups is 1. The third-order valence-corrected chi connectivity index (χ3v) is 4.49. The van der Waals surface area contributed by atoms with E-state index in [1.807, 2.05) is 42.8 Å². The van der Waals surface area contributed by atoms with Crippen molar-refractivity contribution in [2.24, 2.45) is 11.8 Å². The number of aliphatic hydroxyl groups excluding tert-OH is 1. The fourth-order valence-corrected chi connectivity index (χ4v) is 3.16. The van der Waals surface area contributed by atoms with Gasteiger partial charge in [0.05, 0.1) is 23.1 Å². The van der Waals surface area contributed by atoms with Gasteiger partial charge in [0.15, 0.2) is 0 Å². The number of hydrogen-bond donors (Lipinski definition) is 2. The van der Waals surface area contributed by atoms with Gasteiger partial charge in [0.2, 0.25) is 0 Å². The summed E-state index contributed by atoms with van der Waals surface area (Å²) in [4.78, 5) is 12.6. The fraction of sp³-hybridized carbons (Fsp3) is 0.500. The Labute approximate surface area is 150 Å². The molecule has 25 heavy (non-hydrogen) atoms. The molecular weight excluding hydrogens is 314 g/mol. The molecule has 2 rings (SSSR count). The maximum atomic E-state index is 12.6. The Balaban J connectivity index is 2.09. The van der Waals surface area contributed by atoms with Gasteiger partial charge in [0, 0.05) is 13.2 Å². The van der Waals surface area contributed by atoms with E-state index >= 15 is 0 Å². The van der Waals surface area contributed by atoms with Crippen molar-refractivity contribution in [3.63, 3.8) is 0 Å². The van der Waals surface area contributed by atoms with Crippen molar-refractivity contribution in [3.05, 3.63) is 47.3 Å². The molecule has 1 aromatic heterocycles. The Morgan fingerprint density at radius 1 is 1.28 bits per heavy atom. The zero-order valence-corrected chi connectivity index (χ0v) is 15.6. The van der Waals surface area contributed by atoms with E-state index in [-0.39, 0.29) is 12.5 Å². The van der Waals surface area contributed by atoms with Crippen LogP contribution in [0.4, 0.5) is 0 Å². The standard InChI is InChI=1S/C20H29N3O2/c1-14(2)11-17(9-10-24)12-21-20(25)18-13-22-23(16(18)4)19-8-6-5-7-15(19)3/h5-8,13-14,17,24H,9-12H2,1-4H3,(H,21,25). The number of benzene rings is 1. The summed E-state index contributed by atoms with van der Waals surface area (Å²) in [5.74, 6) is 0.726. The Morgan fingerprint density at radius 2 is 2.00 bits per heavy atom. The van der Waals surface area contributed by atoms with Crippen molar-refractivity contribution >= 4 is 5.91 Å². The third-order valence-electron chi connectivity index (χ3n) is 4.49. The number of aryl methyl sites for hydroxylation is 1. The van der Waals surface area contributed by atoms with Gasteiger partial charge in [0.25, 0.3) is 5.91 Å². The lowest BCUT2D eigenvalue weighted by Gasteiger charge is -2.18. The number of nitrogens with one attached hydrogen (secondary N) is 1. The maximum Gasteiger partial charge on any atom is 0.254 e. The van der Waals surface area contributed by atoms with Gasteiger partial charge in [-0.1, -0.05) is 32.0 Å². The smallest absolute Gasteiger partial charge is 0.254 e. The molecule has 1 aromatic carbocycles. The van der Waals surface area contributed by atoms with E-state index in [1.165, 1.54) is 0 Å². The van der Waals surface area contributed by atoms with Gasteiger partial charge in [-0.3, -0.25) is 4.79 Å². The minimum absolute atomic E-state index is 0.107. The van der Waals surface area contributed by atoms with Crippen LogP contribution in [0.25, 0.3) is 5.69 Å². The Hall–Kier alpha value is -2.14. The van der Waals surface area contributed by atoms with Gasteiger partial charge in [-0.15, -0.1) is 0 Å². The van der Waals surface area contributed by atoms with Crippen molar-refractivity contribution in [3.8, 4) is 5.69 Å². The number of aromatic nitrogens is 2. The molecule has 0 saturated heterocycles. The molecule has 2 N–H and O–H groups in total. The van der Waals surface area contributed by atoms with Crippen LogP contribution in [-0.2, 0) is 0 Å². The first-order chi connectivity index (χ1) is 11.9. The molecule has 0 aliphatic rings. The quantitative estimate of drug-likeness (QED) is 0.773. The predicted octanol–water partition coefficient (Wildman–Crippen LogP) is 3.26. The fourth-order valence-electron chi connectivity index (χ4n) is 3.16. The van der Waals surface area contributed by atoms with Crippen LogP contribution < -0.4 is 5.32 Å². The van der Waals surface area contributed by atoms with Crippen molar-refractivity contribution in [2.45, 2.75) is 40.5 Å². The van der Waals surface area contributed by atoms with Crippen LogP contribution in [0.5, 0.6) is 0 Å². The summed E-state index contributed by atoms with van der Waals surface area (Å²) in [5, 5.41) is 16.6. The zero-order chi connectivity index (χ0) is 18.4. The number of aliphatic hydroxyl groups is 1. The van der Waals surface area contributed by atoms with Crippen LogP contribution in [0.15, 0.2) is 30.5 Å². The van der Waals surface area contributed by atoms with Crippen LogP contribution >= 0.6 is 0 Å². The van der Waals surface area contributed by atoms with Crippen molar-refractivity contribution < 1.29 is 9.90 Å². The van der Waals surface area contributed by atoms with Crippen LogP contribution in [0.3, 0.4) is 0 Å². The van der Waals surface area contributed by atoms with E-state index in [0.717, 1.165) is 23.4 Å². The molecule has 1 unspecified atom stereocenters. The van der Waals surface area contributed by atoms with Crippen LogP contribution in [0.1, 0.15) is 48.3 Å². The first-order valence-electron chi connectivity index (χ1n) is 8.93. The Kier molecular flexibility index (Phi) is 6.76. The first kappa shape index (κ1) is 19.2. The molecule has 0 spiro atoms. The molecular formula is C20H29N3O2. The topological polar surface area (TPSA) is 67.2 Å². The second-order valence-electron chi connectivity index (χ2n) is 7.06. The molecule has 136 valence electrons. The molecule has 0 fully saturated rings. The molecule has 0 aliphatic heterocycles. The third kappa shape index (κ3) is 4.92. The van der Waals surface area contributed by atoms with Gasteiger partial charge in [0.1, 0.15) is 0 Å². The Bertz CT molecular complexity index is 707. The SMILES string of the molecule is Cc1ccccc1-n1ncc(C(=O)NCC(CCO)CC(C)C)c1C. The second-order valence-corrected chi connectivity index (χ2v) is 7.06. The highest BCUT2D eigenvalue weighted by Gasteiger charge is 2.18. The zero-order valence-electron chi connectivity index (χ0n) is 15.6. The predicted molar refractivity (Wildman–Crippen MR) is 100 cm³/mol. The average molecular weight is 343 g/mol. The van der Waals surface area contributed by atoms with Crippen molar-refractivity contribution in [2.75, 3.05) is 13.2 Å². The number of rotatable bonds is 8. The van der Waals surface area contributed by atoms with E-state index in [2.05, 4.69) is 24.3 Å². The summed E-state index contributed by atoms with van der Waals surface area (Å²) in [5.41, 5.74) is 3.52. The molecule has 1 atom stereocenters. The van der Waals surface area contributed by atoms with Crippen molar-refractivity contribution in [1.82, 2.24) is 15.1 Å². The highest BCUT2D eigenvalue weighted by molar-refractivity contribution is 5.95. The number of carbonyl (C=O) groups excluding carboxylic acids is 1. The highest BCUT2D eigenvalue weighted by Crippen LogP contribution is 2.18. The van der Waals surface area contributed by atoms with Crippen LogP contribution in [0.2, 0.25) is 0 Å². The lowest BCUT2D eigenvalue weighted by atomic mass is 9.94. The van der Waals surface area contributed by atoms with Gasteiger partial charge in [-0.25, -0.2) is 4.68 Å². The average Bonchev–Trinajstić information content (AvgIpc) is 2.94. The van der Waals surface area contributed by atoms with E-state index < -0.39 is 0 Å². The maximum absolute atomic E-state index is 12.6. The second kappa shape index (κ2) is 8.81. The summed E-state index contributed by atoms with van der Waals surface area (Å²) >= 11 is 0. The molecule has 0 radical (unpaired) electrons. The molecule has 2 aromatic rings. The normalized spacial score (nSPS) is 12.4. The number of amides is 1. The van der Waals surface area contributed by atoms with Gasteiger partial charge < -0.3 is 10.4 Å². The van der Waals surface area contributed by atoms with E-state index in [4.69, 9.17) is 0 Å². The van der Waals surface area contributed by atoms with Crippen LogP contribution in [0, 0.1) is 25.7 Å². The van der Waals surface area contributed by atoms with E-state index in [9.17, 15) is 9.90 Å². The summed E-state index contributed by atoms with van der Waals surface area (Å²) in [6.45, 7) is 8.98. The summed E-state index contributed by atoms with van der Waals surface area (Å²) in [6.07, 6.45) is 3.32. The van der Waals surface area contributed by atoms with Gasteiger partial charge >= 0.3 is 0 Å². The summed E-state index contributed by atoms with van der Waals surface area (Å²) in [7, 11) is 0. The summed E-state index contributed by atoms with van der Waals surface area (Å²) in [6, 6.07) is 7.98. The largest absolute Gasteiger partial charge is 0.396 e. The molecule has 1 heterocycles. The molecule has 0 saturated carbocycles. The minimum atomic E-state index is -0.107. The lowest BCUT2D eigenvalue weighted by molar-refractivity contribution is 0.0940. The molecule has 5 heteroatoms. The monoisotopic (exact) mass is 343 g/mol. The van der Waals surface area contributed by atoms with Gasteiger partial charge in [-0.05, 0) is 50.2 Å². The van der Waals surface area contributed by atoms with E-state index in [1.54, 1.807) is 6.20 Å². The number of para-hydroxylation sites is 1. The molecule has 0 bridgehead atoms. The molecule has 5 nitrogen and oxygen atoms in total. The number of nitrogens with zero attached hydrogens (tertiary/aromatic N) is 2. The molecule has 1 amide bonds. The Morgan fingerprint density at radius 3 is 2.64 bits per heavy atom. The lowest BCUT2D eigenvalue weighted by Crippen LogP contribution is -2.30. The molecule has 0 aliphatic carbocycles. The summed E-state index contributed by atoms with van der Waals surface area (Å²) < 4.78 is 1.81. The van der Waals surface area contributed by atoms with Gasteiger partial charge in [-0.2, -0.15) is 5.10 Å². The first-order valence-corrected chi connectivity index (χ1v) is 8.93. The van der Waals surface area contributed by atoms with Crippen LogP contribution in [-0.4, -0.2) is 33.9 Å². The van der Waals surface area contributed by atoms with Crippen molar-refractivity contribution in [1.29, 1.82) is 0 Å². The number of hydrogen-bond acceptors (Lipinski definition) is 3. The van der Waals surface area contributed by atoms with E-state index in [0.29, 0.717) is 30.4 Å². The highest BCUT2D eigenvalue weighted by atomic mass is 16.3.